The minimum Gasteiger partial charge on any atom is -0.383 e. The predicted molar refractivity (Wildman–Crippen MR) is 130 cm³/mol. The van der Waals surface area contributed by atoms with Crippen LogP contribution in [0, 0.1) is 25.2 Å². The first-order valence-electron chi connectivity index (χ1n) is 11.2. The standard InChI is InChI=1S/C23H30N6O3S/c1-4-5-10-28-20(25)19(21(31)27-23(28)32)29(16-8-6-7-9-16)18(30)13-33-22-17(12-24)14(2)11-15(3)26-22/h11,16H,4-10,13,25H2,1-3H3,(H,27,31,32). The van der Waals surface area contributed by atoms with Crippen molar-refractivity contribution in [1.82, 2.24) is 14.5 Å². The molecule has 3 rings (SSSR count). The van der Waals surface area contributed by atoms with Crippen LogP contribution in [0.5, 0.6) is 0 Å². The van der Waals surface area contributed by atoms with Crippen molar-refractivity contribution in [3.63, 3.8) is 0 Å². The number of nitriles is 1. The molecule has 9 nitrogen and oxygen atoms in total. The van der Waals surface area contributed by atoms with Crippen LogP contribution in [-0.4, -0.2) is 32.2 Å². The number of nitrogens with zero attached hydrogens (tertiary/aromatic N) is 4. The molecule has 0 spiro atoms. The largest absolute Gasteiger partial charge is 0.383 e. The topological polar surface area (TPSA) is 138 Å². The molecular weight excluding hydrogens is 440 g/mol. The monoisotopic (exact) mass is 470 g/mol. The van der Waals surface area contributed by atoms with Crippen LogP contribution < -0.4 is 21.9 Å². The second-order valence-corrected chi connectivity index (χ2v) is 9.33. The molecule has 176 valence electrons. The maximum absolute atomic E-state index is 13.5. The third-order valence-corrected chi connectivity index (χ3v) is 6.86. The number of nitrogen functional groups attached to an aromatic ring is 1. The van der Waals surface area contributed by atoms with E-state index in [-0.39, 0.29) is 29.2 Å². The first-order chi connectivity index (χ1) is 15.8. The third-order valence-electron chi connectivity index (χ3n) is 5.90. The van der Waals surface area contributed by atoms with Crippen LogP contribution in [0.2, 0.25) is 0 Å². The lowest BCUT2D eigenvalue weighted by Crippen LogP contribution is -2.46. The Kier molecular flexibility index (Phi) is 7.97. The molecule has 10 heteroatoms. The molecule has 0 bridgehead atoms. The van der Waals surface area contributed by atoms with Crippen molar-refractivity contribution >= 4 is 29.2 Å². The SMILES string of the molecule is CCCCn1c(N)c(N(C(=O)CSc2nc(C)cc(C)c2C#N)C2CCCC2)c(=O)[nH]c1=O. The zero-order valence-corrected chi connectivity index (χ0v) is 20.1. The Balaban J connectivity index is 1.98. The van der Waals surface area contributed by atoms with Gasteiger partial charge in [0.1, 0.15) is 16.9 Å². The van der Waals surface area contributed by atoms with Crippen molar-refractivity contribution in [3.05, 3.63) is 43.7 Å². The van der Waals surface area contributed by atoms with Gasteiger partial charge in [0.25, 0.3) is 5.56 Å². The highest BCUT2D eigenvalue weighted by molar-refractivity contribution is 8.00. The van der Waals surface area contributed by atoms with Crippen LogP contribution in [-0.2, 0) is 11.3 Å². The fraction of sp³-hybridized carbons (Fsp3) is 0.522. The zero-order chi connectivity index (χ0) is 24.1. The Labute approximate surface area is 197 Å². The molecule has 3 N–H and O–H groups in total. The van der Waals surface area contributed by atoms with Gasteiger partial charge in [-0.25, -0.2) is 9.78 Å². The highest BCUT2D eigenvalue weighted by Crippen LogP contribution is 2.31. The first-order valence-corrected chi connectivity index (χ1v) is 12.2. The summed E-state index contributed by atoms with van der Waals surface area (Å²) in [5, 5.41) is 10.0. The van der Waals surface area contributed by atoms with E-state index < -0.39 is 11.2 Å². The molecule has 2 aromatic heterocycles. The van der Waals surface area contributed by atoms with E-state index in [0.717, 1.165) is 49.8 Å². The summed E-state index contributed by atoms with van der Waals surface area (Å²) in [4.78, 5) is 46.9. The van der Waals surface area contributed by atoms with Gasteiger partial charge in [0, 0.05) is 18.3 Å². The average Bonchev–Trinajstić information content (AvgIpc) is 3.28. The zero-order valence-electron chi connectivity index (χ0n) is 19.3. The summed E-state index contributed by atoms with van der Waals surface area (Å²) in [6.45, 7) is 6.04. The number of anilines is 2. The number of aromatic amines is 1. The van der Waals surface area contributed by atoms with Gasteiger partial charge in [-0.05, 0) is 44.7 Å². The van der Waals surface area contributed by atoms with Gasteiger partial charge in [-0.1, -0.05) is 37.9 Å². The van der Waals surface area contributed by atoms with Gasteiger partial charge < -0.3 is 10.6 Å². The fourth-order valence-corrected chi connectivity index (χ4v) is 5.22. The number of carbonyl (C=O) groups excluding carboxylic acids is 1. The third kappa shape index (κ3) is 5.30. The summed E-state index contributed by atoms with van der Waals surface area (Å²) >= 11 is 1.18. The fourth-order valence-electron chi connectivity index (χ4n) is 4.26. The van der Waals surface area contributed by atoms with Crippen molar-refractivity contribution in [2.75, 3.05) is 16.4 Å². The Bertz CT molecular complexity index is 1190. The molecular formula is C23H30N6O3S. The van der Waals surface area contributed by atoms with Crippen LogP contribution in [0.1, 0.15) is 62.3 Å². The lowest BCUT2D eigenvalue weighted by atomic mass is 10.1. The van der Waals surface area contributed by atoms with Crippen molar-refractivity contribution in [2.24, 2.45) is 0 Å². The number of aryl methyl sites for hydroxylation is 2. The van der Waals surface area contributed by atoms with Gasteiger partial charge in [-0.2, -0.15) is 5.26 Å². The summed E-state index contributed by atoms with van der Waals surface area (Å²) < 4.78 is 1.34. The number of unbranched alkanes of at least 4 members (excludes halogenated alkanes) is 1. The van der Waals surface area contributed by atoms with E-state index in [1.54, 1.807) is 0 Å². The second kappa shape index (κ2) is 10.7. The predicted octanol–water partition coefficient (Wildman–Crippen LogP) is 2.87. The van der Waals surface area contributed by atoms with Crippen molar-refractivity contribution < 1.29 is 4.79 Å². The number of carbonyl (C=O) groups is 1. The van der Waals surface area contributed by atoms with E-state index in [9.17, 15) is 19.6 Å². The van der Waals surface area contributed by atoms with Gasteiger partial charge in [0.15, 0.2) is 5.69 Å². The van der Waals surface area contributed by atoms with E-state index in [2.05, 4.69) is 16.0 Å². The molecule has 1 saturated carbocycles. The first kappa shape index (κ1) is 24.6. The lowest BCUT2D eigenvalue weighted by Gasteiger charge is -2.30. The van der Waals surface area contributed by atoms with Gasteiger partial charge in [0.2, 0.25) is 5.91 Å². The molecule has 1 fully saturated rings. The normalized spacial score (nSPS) is 13.8. The number of nitrogens with two attached hydrogens (primary N) is 1. The molecule has 2 heterocycles. The Morgan fingerprint density at radius 3 is 2.70 bits per heavy atom. The molecule has 0 saturated heterocycles. The molecule has 0 radical (unpaired) electrons. The number of amides is 1. The van der Waals surface area contributed by atoms with Gasteiger partial charge >= 0.3 is 5.69 Å². The van der Waals surface area contributed by atoms with Crippen LogP contribution in [0.4, 0.5) is 11.5 Å². The van der Waals surface area contributed by atoms with Crippen molar-refractivity contribution in [3.8, 4) is 6.07 Å². The van der Waals surface area contributed by atoms with Crippen molar-refractivity contribution in [2.45, 2.75) is 76.9 Å². The van der Waals surface area contributed by atoms with Gasteiger partial charge in [-0.3, -0.25) is 19.1 Å². The quantitative estimate of drug-likeness (QED) is 0.566. The number of aromatic nitrogens is 3. The summed E-state index contributed by atoms with van der Waals surface area (Å²) in [7, 11) is 0. The maximum Gasteiger partial charge on any atom is 0.330 e. The smallest absolute Gasteiger partial charge is 0.330 e. The van der Waals surface area contributed by atoms with Crippen LogP contribution in [0.3, 0.4) is 0 Å². The minimum atomic E-state index is -0.655. The minimum absolute atomic E-state index is 0.00591. The van der Waals surface area contributed by atoms with Crippen LogP contribution in [0.15, 0.2) is 20.7 Å². The second-order valence-electron chi connectivity index (χ2n) is 8.36. The molecule has 0 aliphatic heterocycles. The van der Waals surface area contributed by atoms with E-state index in [1.807, 2.05) is 26.8 Å². The highest BCUT2D eigenvalue weighted by atomic mass is 32.2. The van der Waals surface area contributed by atoms with E-state index in [0.29, 0.717) is 17.1 Å². The van der Waals surface area contributed by atoms with E-state index >= 15 is 0 Å². The van der Waals surface area contributed by atoms with Crippen LogP contribution >= 0.6 is 11.8 Å². The van der Waals surface area contributed by atoms with Gasteiger partial charge in [-0.15, -0.1) is 0 Å². The molecule has 1 amide bonds. The summed E-state index contributed by atoms with van der Waals surface area (Å²) in [6.07, 6.45) is 4.99. The molecule has 0 unspecified atom stereocenters. The number of nitrogens with one attached hydrogen (secondary N) is 1. The van der Waals surface area contributed by atoms with Crippen LogP contribution in [0.25, 0.3) is 0 Å². The Morgan fingerprint density at radius 2 is 2.06 bits per heavy atom. The molecule has 2 aromatic rings. The van der Waals surface area contributed by atoms with E-state index in [1.165, 1.54) is 21.2 Å². The Morgan fingerprint density at radius 1 is 1.36 bits per heavy atom. The maximum atomic E-state index is 13.5. The average molecular weight is 471 g/mol. The highest BCUT2D eigenvalue weighted by Gasteiger charge is 2.32. The number of hydrogen-bond donors (Lipinski definition) is 2. The Hall–Kier alpha value is -3.06. The summed E-state index contributed by atoms with van der Waals surface area (Å²) in [5.41, 5.74) is 7.13. The number of hydrogen-bond acceptors (Lipinski definition) is 7. The lowest BCUT2D eigenvalue weighted by molar-refractivity contribution is -0.116. The van der Waals surface area contributed by atoms with Crippen molar-refractivity contribution in [1.29, 1.82) is 5.26 Å². The van der Waals surface area contributed by atoms with E-state index in [4.69, 9.17) is 5.73 Å². The number of pyridine rings is 1. The van der Waals surface area contributed by atoms with Gasteiger partial charge in [0.05, 0.1) is 11.3 Å². The molecule has 1 aliphatic rings. The molecule has 33 heavy (non-hydrogen) atoms. The number of H-pyrrole nitrogens is 1. The summed E-state index contributed by atoms with van der Waals surface area (Å²) in [6, 6.07) is 3.82. The number of thioether (sulfide) groups is 1. The summed E-state index contributed by atoms with van der Waals surface area (Å²) in [5.74, 6) is -0.284. The molecule has 0 atom stereocenters. The number of rotatable bonds is 8. The molecule has 1 aliphatic carbocycles. The molecule has 0 aromatic carbocycles.